The van der Waals surface area contributed by atoms with Crippen LogP contribution in [0, 0.1) is 0 Å². The smallest absolute Gasteiger partial charge is 0.131 e. The van der Waals surface area contributed by atoms with Gasteiger partial charge < -0.3 is 5.32 Å². The maximum absolute atomic E-state index is 4.62. The summed E-state index contributed by atoms with van der Waals surface area (Å²) < 4.78 is 0. The number of hydrogen-bond donors (Lipinski definition) is 1. The first-order chi connectivity index (χ1) is 6.43. The van der Waals surface area contributed by atoms with Crippen molar-refractivity contribution in [3.8, 4) is 0 Å². The van der Waals surface area contributed by atoms with Crippen molar-refractivity contribution in [2.75, 3.05) is 6.54 Å². The fourth-order valence-corrected chi connectivity index (χ4v) is 1.79. The highest BCUT2D eigenvalue weighted by atomic mass is 14.9. The molecule has 68 valence electrons. The SMILES string of the molecule is c1nc(C2CC2)nc2c1CNCC2. The summed E-state index contributed by atoms with van der Waals surface area (Å²) in [7, 11) is 0. The molecule has 1 aromatic heterocycles. The Morgan fingerprint density at radius 2 is 2.31 bits per heavy atom. The summed E-state index contributed by atoms with van der Waals surface area (Å²) in [5.41, 5.74) is 2.56. The fraction of sp³-hybridized carbons (Fsp3) is 0.600. The first kappa shape index (κ1) is 7.44. The van der Waals surface area contributed by atoms with Crippen LogP contribution in [0.5, 0.6) is 0 Å². The Balaban J connectivity index is 1.98. The zero-order valence-electron chi connectivity index (χ0n) is 7.58. The normalized spacial score (nSPS) is 21.2. The molecule has 3 rings (SSSR count). The third-order valence-electron chi connectivity index (χ3n) is 2.77. The maximum atomic E-state index is 4.62. The van der Waals surface area contributed by atoms with Crippen LogP contribution >= 0.6 is 0 Å². The zero-order valence-corrected chi connectivity index (χ0v) is 7.58. The summed E-state index contributed by atoms with van der Waals surface area (Å²) in [6.45, 7) is 2.01. The molecule has 0 radical (unpaired) electrons. The van der Waals surface area contributed by atoms with E-state index in [4.69, 9.17) is 0 Å². The van der Waals surface area contributed by atoms with Gasteiger partial charge in [-0.3, -0.25) is 0 Å². The van der Waals surface area contributed by atoms with Gasteiger partial charge in [-0.05, 0) is 12.8 Å². The van der Waals surface area contributed by atoms with Crippen molar-refractivity contribution in [3.05, 3.63) is 23.3 Å². The van der Waals surface area contributed by atoms with E-state index < -0.39 is 0 Å². The van der Waals surface area contributed by atoms with Crippen LogP contribution in [0.15, 0.2) is 6.20 Å². The van der Waals surface area contributed by atoms with Crippen molar-refractivity contribution in [2.24, 2.45) is 0 Å². The summed E-state index contributed by atoms with van der Waals surface area (Å²) in [6.07, 6.45) is 5.65. The van der Waals surface area contributed by atoms with Crippen LogP contribution in [0.3, 0.4) is 0 Å². The molecule has 0 unspecified atom stereocenters. The van der Waals surface area contributed by atoms with Crippen LogP contribution in [0.1, 0.15) is 35.8 Å². The molecule has 1 aliphatic carbocycles. The summed E-state index contributed by atoms with van der Waals surface area (Å²) >= 11 is 0. The molecule has 0 amide bonds. The van der Waals surface area contributed by atoms with Crippen LogP contribution in [-0.4, -0.2) is 16.5 Å². The van der Waals surface area contributed by atoms with Gasteiger partial charge in [-0.15, -0.1) is 0 Å². The molecule has 1 N–H and O–H groups in total. The highest BCUT2D eigenvalue weighted by molar-refractivity contribution is 5.22. The van der Waals surface area contributed by atoms with E-state index in [-0.39, 0.29) is 0 Å². The van der Waals surface area contributed by atoms with E-state index in [2.05, 4.69) is 15.3 Å². The molecule has 2 heterocycles. The van der Waals surface area contributed by atoms with Gasteiger partial charge in [0.05, 0.1) is 0 Å². The Morgan fingerprint density at radius 1 is 1.38 bits per heavy atom. The molecule has 2 aliphatic rings. The second kappa shape index (κ2) is 2.77. The predicted octanol–water partition coefficient (Wildman–Crippen LogP) is 1.000. The topological polar surface area (TPSA) is 37.8 Å². The number of nitrogens with one attached hydrogen (secondary N) is 1. The number of rotatable bonds is 1. The molecular formula is C10H13N3. The Hall–Kier alpha value is -0.960. The molecular weight excluding hydrogens is 162 g/mol. The minimum absolute atomic E-state index is 0.681. The van der Waals surface area contributed by atoms with Gasteiger partial charge in [-0.25, -0.2) is 9.97 Å². The maximum Gasteiger partial charge on any atom is 0.131 e. The standard InChI is InChI=1S/C10H13N3/c1-2-7(1)10-12-6-8-5-11-4-3-9(8)13-10/h6-7,11H,1-5H2. The number of fused-ring (bicyclic) bond motifs is 1. The average molecular weight is 175 g/mol. The van der Waals surface area contributed by atoms with Crippen molar-refractivity contribution in [2.45, 2.75) is 31.7 Å². The third kappa shape index (κ3) is 1.33. The van der Waals surface area contributed by atoms with Gasteiger partial charge in [-0.1, -0.05) is 0 Å². The number of hydrogen-bond acceptors (Lipinski definition) is 3. The zero-order chi connectivity index (χ0) is 8.67. The Morgan fingerprint density at radius 3 is 3.15 bits per heavy atom. The van der Waals surface area contributed by atoms with E-state index >= 15 is 0 Å². The lowest BCUT2D eigenvalue weighted by Crippen LogP contribution is -2.25. The van der Waals surface area contributed by atoms with Crippen molar-refractivity contribution in [1.29, 1.82) is 0 Å². The van der Waals surface area contributed by atoms with E-state index in [9.17, 15) is 0 Å². The van der Waals surface area contributed by atoms with E-state index in [0.29, 0.717) is 5.92 Å². The van der Waals surface area contributed by atoms with E-state index in [1.165, 1.54) is 24.1 Å². The second-order valence-electron chi connectivity index (χ2n) is 3.90. The van der Waals surface area contributed by atoms with E-state index in [0.717, 1.165) is 25.3 Å². The quantitative estimate of drug-likeness (QED) is 0.692. The van der Waals surface area contributed by atoms with Gasteiger partial charge in [0.15, 0.2) is 0 Å². The largest absolute Gasteiger partial charge is 0.312 e. The molecule has 13 heavy (non-hydrogen) atoms. The van der Waals surface area contributed by atoms with E-state index in [1.54, 1.807) is 0 Å². The second-order valence-corrected chi connectivity index (χ2v) is 3.90. The average Bonchev–Trinajstić information content (AvgIpc) is 3.00. The summed E-state index contributed by atoms with van der Waals surface area (Å²) in [6, 6.07) is 0. The van der Waals surface area contributed by atoms with Crippen LogP contribution in [0.25, 0.3) is 0 Å². The fourth-order valence-electron chi connectivity index (χ4n) is 1.79. The van der Waals surface area contributed by atoms with Crippen molar-refractivity contribution >= 4 is 0 Å². The van der Waals surface area contributed by atoms with Crippen LogP contribution in [-0.2, 0) is 13.0 Å². The van der Waals surface area contributed by atoms with Crippen molar-refractivity contribution < 1.29 is 0 Å². The van der Waals surface area contributed by atoms with Gasteiger partial charge in [0.25, 0.3) is 0 Å². The van der Waals surface area contributed by atoms with Gasteiger partial charge in [-0.2, -0.15) is 0 Å². The van der Waals surface area contributed by atoms with E-state index in [1.807, 2.05) is 6.20 Å². The van der Waals surface area contributed by atoms with Crippen molar-refractivity contribution in [3.63, 3.8) is 0 Å². The van der Waals surface area contributed by atoms with Gasteiger partial charge in [0.1, 0.15) is 5.82 Å². The highest BCUT2D eigenvalue weighted by Crippen LogP contribution is 2.38. The highest BCUT2D eigenvalue weighted by Gasteiger charge is 2.27. The molecule has 1 saturated carbocycles. The first-order valence-corrected chi connectivity index (χ1v) is 4.99. The Labute approximate surface area is 77.6 Å². The molecule has 0 saturated heterocycles. The molecule has 0 bridgehead atoms. The van der Waals surface area contributed by atoms with Gasteiger partial charge in [0.2, 0.25) is 0 Å². The minimum atomic E-state index is 0.681. The molecule has 1 fully saturated rings. The monoisotopic (exact) mass is 175 g/mol. The minimum Gasteiger partial charge on any atom is -0.312 e. The first-order valence-electron chi connectivity index (χ1n) is 4.99. The summed E-state index contributed by atoms with van der Waals surface area (Å²) in [5.74, 6) is 1.76. The lowest BCUT2D eigenvalue weighted by molar-refractivity contribution is 0.620. The van der Waals surface area contributed by atoms with Gasteiger partial charge in [0, 0.05) is 42.9 Å². The molecule has 1 aliphatic heterocycles. The molecule has 3 heteroatoms. The Kier molecular flexibility index (Phi) is 1.59. The van der Waals surface area contributed by atoms with Gasteiger partial charge >= 0.3 is 0 Å². The summed E-state index contributed by atoms with van der Waals surface area (Å²) in [5, 5.41) is 3.33. The molecule has 0 spiro atoms. The lowest BCUT2D eigenvalue weighted by Gasteiger charge is -2.15. The number of nitrogens with zero attached hydrogens (tertiary/aromatic N) is 2. The van der Waals surface area contributed by atoms with Crippen LogP contribution in [0.4, 0.5) is 0 Å². The summed E-state index contributed by atoms with van der Waals surface area (Å²) in [4.78, 5) is 9.03. The molecule has 0 atom stereocenters. The Bertz CT molecular complexity index is 331. The predicted molar refractivity (Wildman–Crippen MR) is 49.4 cm³/mol. The van der Waals surface area contributed by atoms with Crippen LogP contribution in [0.2, 0.25) is 0 Å². The number of aromatic nitrogens is 2. The third-order valence-corrected chi connectivity index (χ3v) is 2.77. The van der Waals surface area contributed by atoms with Crippen LogP contribution < -0.4 is 5.32 Å². The molecule has 3 nitrogen and oxygen atoms in total. The van der Waals surface area contributed by atoms with Crippen molar-refractivity contribution in [1.82, 2.24) is 15.3 Å². The molecule has 0 aromatic carbocycles. The lowest BCUT2D eigenvalue weighted by atomic mass is 10.1. The molecule has 1 aromatic rings.